The Hall–Kier alpha value is -2.30. The zero-order chi connectivity index (χ0) is 15.6. The van der Waals surface area contributed by atoms with Gasteiger partial charge in [-0.05, 0) is 33.1 Å². The number of nitrogens with one attached hydrogen (secondary N) is 2. The van der Waals surface area contributed by atoms with Crippen LogP contribution in [0.5, 0.6) is 0 Å². The van der Waals surface area contributed by atoms with Crippen molar-refractivity contribution in [2.75, 3.05) is 0 Å². The van der Waals surface area contributed by atoms with Crippen molar-refractivity contribution in [1.82, 2.24) is 10.3 Å². The van der Waals surface area contributed by atoms with Crippen molar-refractivity contribution in [1.29, 1.82) is 0 Å². The number of ether oxygens (including phenoxy) is 1. The molecule has 0 spiro atoms. The SMILES string of the molecule is Cc1[nH]c(=O)c(CNC(=O)OC(C)(C)C)c2ccccc12. The van der Waals surface area contributed by atoms with Gasteiger partial charge in [0.25, 0.3) is 5.56 Å². The number of H-pyrrole nitrogens is 1. The molecule has 2 aromatic rings. The fourth-order valence-electron chi connectivity index (χ4n) is 2.16. The Morgan fingerprint density at radius 1 is 1.24 bits per heavy atom. The summed E-state index contributed by atoms with van der Waals surface area (Å²) in [6.07, 6.45) is -0.536. The maximum atomic E-state index is 12.1. The number of benzene rings is 1. The Kier molecular flexibility index (Phi) is 4.02. The zero-order valence-corrected chi connectivity index (χ0v) is 12.7. The molecule has 2 rings (SSSR count). The molecular formula is C16H20N2O3. The number of hydrogen-bond acceptors (Lipinski definition) is 3. The quantitative estimate of drug-likeness (QED) is 0.892. The lowest BCUT2D eigenvalue weighted by Crippen LogP contribution is -2.33. The van der Waals surface area contributed by atoms with Crippen molar-refractivity contribution < 1.29 is 9.53 Å². The molecule has 0 fully saturated rings. The third kappa shape index (κ3) is 3.62. The van der Waals surface area contributed by atoms with Gasteiger partial charge in [-0.25, -0.2) is 4.79 Å². The van der Waals surface area contributed by atoms with Crippen LogP contribution in [0.25, 0.3) is 10.8 Å². The third-order valence-electron chi connectivity index (χ3n) is 3.04. The fourth-order valence-corrected chi connectivity index (χ4v) is 2.16. The summed E-state index contributed by atoms with van der Waals surface area (Å²) < 4.78 is 5.17. The Bertz CT molecular complexity index is 726. The van der Waals surface area contributed by atoms with E-state index in [0.717, 1.165) is 16.5 Å². The third-order valence-corrected chi connectivity index (χ3v) is 3.04. The maximum Gasteiger partial charge on any atom is 0.407 e. The number of aryl methyl sites for hydroxylation is 1. The number of carbonyl (C=O) groups excluding carboxylic acids is 1. The van der Waals surface area contributed by atoms with E-state index in [-0.39, 0.29) is 12.1 Å². The summed E-state index contributed by atoms with van der Waals surface area (Å²) in [7, 11) is 0. The Labute approximate surface area is 123 Å². The minimum absolute atomic E-state index is 0.130. The number of aromatic nitrogens is 1. The number of pyridine rings is 1. The predicted molar refractivity (Wildman–Crippen MR) is 82.4 cm³/mol. The molecule has 0 aliphatic heterocycles. The number of hydrogen-bond donors (Lipinski definition) is 2. The predicted octanol–water partition coefficient (Wildman–Crippen LogP) is 2.86. The van der Waals surface area contributed by atoms with E-state index < -0.39 is 11.7 Å². The van der Waals surface area contributed by atoms with Gasteiger partial charge in [-0.15, -0.1) is 0 Å². The molecular weight excluding hydrogens is 268 g/mol. The fraction of sp³-hybridized carbons (Fsp3) is 0.375. The molecule has 5 nitrogen and oxygen atoms in total. The summed E-state index contributed by atoms with van der Waals surface area (Å²) in [5, 5.41) is 4.44. The van der Waals surface area contributed by atoms with E-state index in [1.165, 1.54) is 0 Å². The number of aromatic amines is 1. The second-order valence-corrected chi connectivity index (χ2v) is 5.96. The molecule has 21 heavy (non-hydrogen) atoms. The Balaban J connectivity index is 2.27. The van der Waals surface area contributed by atoms with Crippen LogP contribution >= 0.6 is 0 Å². The lowest BCUT2D eigenvalue weighted by Gasteiger charge is -2.19. The second-order valence-electron chi connectivity index (χ2n) is 5.96. The van der Waals surface area contributed by atoms with Gasteiger partial charge >= 0.3 is 6.09 Å². The van der Waals surface area contributed by atoms with E-state index in [4.69, 9.17) is 4.74 Å². The molecule has 0 aliphatic rings. The van der Waals surface area contributed by atoms with Gasteiger partial charge in [0.1, 0.15) is 5.60 Å². The molecule has 0 atom stereocenters. The van der Waals surface area contributed by atoms with Gasteiger partial charge in [0.05, 0.1) is 6.54 Å². The van der Waals surface area contributed by atoms with Crippen LogP contribution in [-0.2, 0) is 11.3 Å². The van der Waals surface area contributed by atoms with Crippen molar-refractivity contribution in [2.45, 2.75) is 39.8 Å². The summed E-state index contributed by atoms with van der Waals surface area (Å²) in [6.45, 7) is 7.36. The summed E-state index contributed by atoms with van der Waals surface area (Å²) in [4.78, 5) is 26.6. The summed E-state index contributed by atoms with van der Waals surface area (Å²) in [5.41, 5.74) is 0.590. The topological polar surface area (TPSA) is 71.2 Å². The second kappa shape index (κ2) is 5.60. The van der Waals surface area contributed by atoms with E-state index in [1.54, 1.807) is 20.8 Å². The monoisotopic (exact) mass is 288 g/mol. The summed E-state index contributed by atoms with van der Waals surface area (Å²) in [6, 6.07) is 7.61. The molecule has 0 saturated heterocycles. The normalized spacial score (nSPS) is 11.4. The van der Waals surface area contributed by atoms with Crippen LogP contribution in [0.4, 0.5) is 4.79 Å². The van der Waals surface area contributed by atoms with Crippen LogP contribution in [0.2, 0.25) is 0 Å². The van der Waals surface area contributed by atoms with Gasteiger partial charge in [0.15, 0.2) is 0 Å². The molecule has 1 aromatic carbocycles. The molecule has 0 radical (unpaired) electrons. The van der Waals surface area contributed by atoms with E-state index in [0.29, 0.717) is 5.56 Å². The van der Waals surface area contributed by atoms with Gasteiger partial charge in [0, 0.05) is 16.6 Å². The molecule has 5 heteroatoms. The van der Waals surface area contributed by atoms with Crippen molar-refractivity contribution in [3.05, 3.63) is 45.9 Å². The molecule has 0 aliphatic carbocycles. The number of amides is 1. The van der Waals surface area contributed by atoms with Crippen LogP contribution in [0, 0.1) is 6.92 Å². The molecule has 112 valence electrons. The maximum absolute atomic E-state index is 12.1. The first-order chi connectivity index (χ1) is 9.78. The smallest absolute Gasteiger partial charge is 0.407 e. The van der Waals surface area contributed by atoms with Gasteiger partial charge in [0.2, 0.25) is 0 Å². The largest absolute Gasteiger partial charge is 0.444 e. The molecule has 1 aromatic heterocycles. The number of carbonyl (C=O) groups is 1. The molecule has 0 bridgehead atoms. The molecule has 1 amide bonds. The van der Waals surface area contributed by atoms with Crippen LogP contribution < -0.4 is 10.9 Å². The van der Waals surface area contributed by atoms with E-state index in [2.05, 4.69) is 10.3 Å². The van der Waals surface area contributed by atoms with Crippen molar-refractivity contribution >= 4 is 16.9 Å². The zero-order valence-electron chi connectivity index (χ0n) is 12.7. The lowest BCUT2D eigenvalue weighted by molar-refractivity contribution is 0.0523. The van der Waals surface area contributed by atoms with E-state index in [1.807, 2.05) is 31.2 Å². The lowest BCUT2D eigenvalue weighted by atomic mass is 10.1. The van der Waals surface area contributed by atoms with Gasteiger partial charge in [-0.2, -0.15) is 0 Å². The minimum atomic E-state index is -0.564. The summed E-state index contributed by atoms with van der Waals surface area (Å²) >= 11 is 0. The first-order valence-corrected chi connectivity index (χ1v) is 6.85. The van der Waals surface area contributed by atoms with E-state index in [9.17, 15) is 9.59 Å². The van der Waals surface area contributed by atoms with E-state index >= 15 is 0 Å². The first kappa shape index (κ1) is 15.1. The van der Waals surface area contributed by atoms with Crippen molar-refractivity contribution in [3.63, 3.8) is 0 Å². The van der Waals surface area contributed by atoms with Crippen LogP contribution in [-0.4, -0.2) is 16.7 Å². The van der Waals surface area contributed by atoms with Crippen molar-refractivity contribution in [3.8, 4) is 0 Å². The van der Waals surface area contributed by atoms with Crippen LogP contribution in [0.3, 0.4) is 0 Å². The Morgan fingerprint density at radius 3 is 2.48 bits per heavy atom. The number of fused-ring (bicyclic) bond motifs is 1. The molecule has 0 unspecified atom stereocenters. The highest BCUT2D eigenvalue weighted by Crippen LogP contribution is 2.18. The highest BCUT2D eigenvalue weighted by atomic mass is 16.6. The average Bonchev–Trinajstić information content (AvgIpc) is 2.36. The highest BCUT2D eigenvalue weighted by Gasteiger charge is 2.17. The van der Waals surface area contributed by atoms with Crippen molar-refractivity contribution in [2.24, 2.45) is 0 Å². The standard InChI is InChI=1S/C16H20N2O3/c1-10-11-7-5-6-8-12(11)13(14(19)18-10)9-17-15(20)21-16(2,3)4/h5-8H,9H2,1-4H3,(H,17,20)(H,18,19). The molecule has 2 N–H and O–H groups in total. The number of alkyl carbamates (subject to hydrolysis) is 1. The Morgan fingerprint density at radius 2 is 1.86 bits per heavy atom. The van der Waals surface area contributed by atoms with Crippen LogP contribution in [0.15, 0.2) is 29.1 Å². The van der Waals surface area contributed by atoms with Gasteiger partial charge < -0.3 is 15.0 Å². The van der Waals surface area contributed by atoms with Gasteiger partial charge in [-0.1, -0.05) is 24.3 Å². The molecule has 1 heterocycles. The first-order valence-electron chi connectivity index (χ1n) is 6.85. The molecule has 0 saturated carbocycles. The summed E-state index contributed by atoms with van der Waals surface area (Å²) in [5.74, 6) is 0. The van der Waals surface area contributed by atoms with Gasteiger partial charge in [-0.3, -0.25) is 4.79 Å². The minimum Gasteiger partial charge on any atom is -0.444 e. The number of rotatable bonds is 2. The highest BCUT2D eigenvalue weighted by molar-refractivity contribution is 5.87. The average molecular weight is 288 g/mol. The van der Waals surface area contributed by atoms with Crippen LogP contribution in [0.1, 0.15) is 32.0 Å².